The van der Waals surface area contributed by atoms with Gasteiger partial charge in [0.05, 0.1) is 4.92 Å². The zero-order valence-corrected chi connectivity index (χ0v) is 16.5. The molecule has 1 aliphatic rings. The third-order valence-electron chi connectivity index (χ3n) is 5.19. The summed E-state index contributed by atoms with van der Waals surface area (Å²) in [6.07, 6.45) is 3.17. The lowest BCUT2D eigenvalue weighted by molar-refractivity contribution is -0.384. The van der Waals surface area contributed by atoms with Crippen LogP contribution in [0.5, 0.6) is 0 Å². The number of rotatable bonds is 9. The van der Waals surface area contributed by atoms with Crippen molar-refractivity contribution in [2.45, 2.75) is 38.3 Å². The molecule has 0 atom stereocenters. The van der Waals surface area contributed by atoms with Gasteiger partial charge in [0, 0.05) is 56.5 Å². The molecule has 2 N–H and O–H groups in total. The van der Waals surface area contributed by atoms with E-state index in [-0.39, 0.29) is 17.6 Å². The molecule has 3 rings (SSSR count). The maximum atomic E-state index is 12.2. The molecule has 2 aromatic carbocycles. The number of benzene rings is 2. The van der Waals surface area contributed by atoms with Gasteiger partial charge >= 0.3 is 0 Å². The first-order chi connectivity index (χ1) is 14.1. The van der Waals surface area contributed by atoms with E-state index in [9.17, 15) is 14.9 Å². The zero-order chi connectivity index (χ0) is 20.5. The topological polar surface area (TPSA) is 87.5 Å². The van der Waals surface area contributed by atoms with Crippen LogP contribution in [0.2, 0.25) is 0 Å². The molecule has 1 aliphatic heterocycles. The predicted octanol–water partition coefficient (Wildman–Crippen LogP) is 3.57. The van der Waals surface area contributed by atoms with Crippen LogP contribution in [0.25, 0.3) is 0 Å². The van der Waals surface area contributed by atoms with Crippen LogP contribution in [0.4, 0.5) is 11.4 Å². The fourth-order valence-electron chi connectivity index (χ4n) is 3.56. The molecule has 0 saturated carbocycles. The van der Waals surface area contributed by atoms with Gasteiger partial charge in [0.2, 0.25) is 5.91 Å². The van der Waals surface area contributed by atoms with Crippen molar-refractivity contribution in [1.29, 1.82) is 0 Å². The summed E-state index contributed by atoms with van der Waals surface area (Å²) in [5.74, 6) is 0.0945. The molecule has 1 heterocycles. The highest BCUT2D eigenvalue weighted by atomic mass is 16.6. The van der Waals surface area contributed by atoms with Gasteiger partial charge in [-0.25, -0.2) is 0 Å². The van der Waals surface area contributed by atoms with E-state index in [2.05, 4.69) is 39.8 Å². The Morgan fingerprint density at radius 1 is 1.07 bits per heavy atom. The number of nitrogens with zero attached hydrogens (tertiary/aromatic N) is 2. The summed E-state index contributed by atoms with van der Waals surface area (Å²) in [6, 6.07) is 17.0. The number of hydrogen-bond acceptors (Lipinski definition) is 5. The van der Waals surface area contributed by atoms with Gasteiger partial charge in [-0.2, -0.15) is 0 Å². The smallest absolute Gasteiger partial charge is 0.269 e. The Kier molecular flexibility index (Phi) is 7.58. The molecule has 0 aliphatic carbocycles. The number of hydrogen-bond donors (Lipinski definition) is 2. The summed E-state index contributed by atoms with van der Waals surface area (Å²) in [5, 5.41) is 17.0. The highest BCUT2D eigenvalue weighted by molar-refractivity contribution is 5.76. The van der Waals surface area contributed by atoms with Crippen LogP contribution >= 0.6 is 0 Å². The molecule has 7 nitrogen and oxygen atoms in total. The van der Waals surface area contributed by atoms with Crippen molar-refractivity contribution < 1.29 is 9.72 Å². The third kappa shape index (κ3) is 6.87. The standard InChI is InChI=1S/C22H28N4O3/c27-22(7-4-14-23-19-8-10-21(11-9-19)26(28)29)24-20-12-15-25(16-13-20)17-18-5-2-1-3-6-18/h1-3,5-6,8-11,20,23H,4,7,12-17H2,(H,24,27). The van der Waals surface area contributed by atoms with Crippen molar-refractivity contribution in [2.75, 3.05) is 25.0 Å². The summed E-state index contributed by atoms with van der Waals surface area (Å²) in [7, 11) is 0. The van der Waals surface area contributed by atoms with Crippen LogP contribution in [0.1, 0.15) is 31.2 Å². The van der Waals surface area contributed by atoms with Crippen molar-refractivity contribution in [2.24, 2.45) is 0 Å². The average Bonchev–Trinajstić information content (AvgIpc) is 2.74. The van der Waals surface area contributed by atoms with Gasteiger partial charge in [0.25, 0.3) is 5.69 Å². The van der Waals surface area contributed by atoms with Gasteiger partial charge < -0.3 is 10.6 Å². The fraction of sp³-hybridized carbons (Fsp3) is 0.409. The maximum absolute atomic E-state index is 12.2. The fourth-order valence-corrected chi connectivity index (χ4v) is 3.56. The highest BCUT2D eigenvalue weighted by Crippen LogP contribution is 2.16. The number of amides is 1. The largest absolute Gasteiger partial charge is 0.385 e. The molecule has 1 fully saturated rings. The Balaban J connectivity index is 1.28. The number of non-ortho nitro benzene ring substituents is 1. The molecule has 29 heavy (non-hydrogen) atoms. The second-order valence-electron chi connectivity index (χ2n) is 7.44. The van der Waals surface area contributed by atoms with Gasteiger partial charge in [-0.3, -0.25) is 19.8 Å². The molecule has 1 saturated heterocycles. The summed E-state index contributed by atoms with van der Waals surface area (Å²) in [6.45, 7) is 3.62. The molecular formula is C22H28N4O3. The number of piperidine rings is 1. The summed E-state index contributed by atoms with van der Waals surface area (Å²) < 4.78 is 0. The van der Waals surface area contributed by atoms with Crippen LogP contribution in [0, 0.1) is 10.1 Å². The first-order valence-corrected chi connectivity index (χ1v) is 10.1. The third-order valence-corrected chi connectivity index (χ3v) is 5.19. The van der Waals surface area contributed by atoms with E-state index in [1.54, 1.807) is 12.1 Å². The molecular weight excluding hydrogens is 368 g/mol. The lowest BCUT2D eigenvalue weighted by Crippen LogP contribution is -2.44. The van der Waals surface area contributed by atoms with Gasteiger partial charge in [-0.15, -0.1) is 0 Å². The van der Waals surface area contributed by atoms with E-state index >= 15 is 0 Å². The van der Waals surface area contributed by atoms with Gasteiger partial charge in [0.15, 0.2) is 0 Å². The lowest BCUT2D eigenvalue weighted by atomic mass is 10.0. The van der Waals surface area contributed by atoms with Crippen molar-refractivity contribution >= 4 is 17.3 Å². The van der Waals surface area contributed by atoms with E-state index in [1.807, 2.05) is 6.07 Å². The molecule has 1 amide bonds. The maximum Gasteiger partial charge on any atom is 0.269 e. The lowest BCUT2D eigenvalue weighted by Gasteiger charge is -2.32. The minimum absolute atomic E-state index is 0.0738. The van der Waals surface area contributed by atoms with Gasteiger partial charge in [0.1, 0.15) is 0 Å². The van der Waals surface area contributed by atoms with Gasteiger partial charge in [-0.1, -0.05) is 30.3 Å². The van der Waals surface area contributed by atoms with Crippen LogP contribution < -0.4 is 10.6 Å². The Morgan fingerprint density at radius 2 is 1.76 bits per heavy atom. The number of likely N-dealkylation sites (tertiary alicyclic amines) is 1. The van der Waals surface area contributed by atoms with Crippen LogP contribution in [0.15, 0.2) is 54.6 Å². The second kappa shape index (κ2) is 10.6. The number of nitro benzene ring substituents is 1. The van der Waals surface area contributed by atoms with Crippen LogP contribution in [-0.4, -0.2) is 41.4 Å². The molecule has 0 unspecified atom stereocenters. The molecule has 0 aromatic heterocycles. The van der Waals surface area contributed by atoms with E-state index in [4.69, 9.17) is 0 Å². The SMILES string of the molecule is O=C(CCCNc1ccc([N+](=O)[O-])cc1)NC1CCN(Cc2ccccc2)CC1. The number of carbonyl (C=O) groups is 1. The Labute approximate surface area is 171 Å². The monoisotopic (exact) mass is 396 g/mol. The number of carbonyl (C=O) groups excluding carboxylic acids is 1. The van der Waals surface area contributed by atoms with Crippen LogP contribution in [-0.2, 0) is 11.3 Å². The average molecular weight is 396 g/mol. The van der Waals surface area contributed by atoms with Crippen molar-refractivity contribution in [3.8, 4) is 0 Å². The zero-order valence-electron chi connectivity index (χ0n) is 16.5. The molecule has 2 aromatic rings. The van der Waals surface area contributed by atoms with Crippen molar-refractivity contribution in [1.82, 2.24) is 10.2 Å². The Hall–Kier alpha value is -2.93. The van der Waals surface area contributed by atoms with Gasteiger partial charge in [-0.05, 0) is 37.0 Å². The molecule has 0 radical (unpaired) electrons. The quantitative estimate of drug-likeness (QED) is 0.384. The predicted molar refractivity (Wildman–Crippen MR) is 114 cm³/mol. The number of nitro groups is 1. The summed E-state index contributed by atoms with van der Waals surface area (Å²) >= 11 is 0. The minimum Gasteiger partial charge on any atom is -0.385 e. The van der Waals surface area contributed by atoms with E-state index in [0.717, 1.165) is 44.6 Å². The number of anilines is 1. The van der Waals surface area contributed by atoms with E-state index < -0.39 is 4.92 Å². The van der Waals surface area contributed by atoms with Crippen LogP contribution in [0.3, 0.4) is 0 Å². The second-order valence-corrected chi connectivity index (χ2v) is 7.44. The molecule has 0 bridgehead atoms. The normalized spacial score (nSPS) is 15.0. The number of nitrogens with one attached hydrogen (secondary N) is 2. The van der Waals surface area contributed by atoms with Crippen molar-refractivity contribution in [3.63, 3.8) is 0 Å². The minimum atomic E-state index is -0.416. The first kappa shape index (κ1) is 20.8. The Bertz CT molecular complexity index is 787. The molecule has 0 spiro atoms. The van der Waals surface area contributed by atoms with E-state index in [1.165, 1.54) is 17.7 Å². The Morgan fingerprint density at radius 3 is 2.41 bits per heavy atom. The molecule has 154 valence electrons. The van der Waals surface area contributed by atoms with Crippen molar-refractivity contribution in [3.05, 3.63) is 70.3 Å². The molecule has 7 heteroatoms. The highest BCUT2D eigenvalue weighted by Gasteiger charge is 2.20. The summed E-state index contributed by atoms with van der Waals surface area (Å²) in [4.78, 5) is 24.9. The van der Waals surface area contributed by atoms with E-state index in [0.29, 0.717) is 13.0 Å². The summed E-state index contributed by atoms with van der Waals surface area (Å²) in [5.41, 5.74) is 2.22. The first-order valence-electron chi connectivity index (χ1n) is 10.1.